The Balaban J connectivity index is 2.21. The Morgan fingerprint density at radius 1 is 1.17 bits per heavy atom. The van der Waals surface area contributed by atoms with Crippen molar-refractivity contribution in [2.75, 3.05) is 24.2 Å². The molecule has 0 aliphatic carbocycles. The fourth-order valence-corrected chi connectivity index (χ4v) is 2.53. The van der Waals surface area contributed by atoms with Crippen molar-refractivity contribution in [3.63, 3.8) is 0 Å². The van der Waals surface area contributed by atoms with E-state index in [0.717, 1.165) is 25.9 Å². The number of hydrogen-bond donors (Lipinski definition) is 3. The summed E-state index contributed by atoms with van der Waals surface area (Å²) in [4.78, 5) is 0.0659. The summed E-state index contributed by atoms with van der Waals surface area (Å²) in [6.45, 7) is 1.86. The van der Waals surface area contributed by atoms with Gasteiger partial charge in [-0.1, -0.05) is 6.42 Å². The van der Waals surface area contributed by atoms with Gasteiger partial charge in [0.25, 0.3) is 0 Å². The lowest BCUT2D eigenvalue weighted by Crippen LogP contribution is -2.35. The molecule has 0 amide bonds. The van der Waals surface area contributed by atoms with Crippen molar-refractivity contribution in [3.8, 4) is 0 Å². The molecule has 0 unspecified atom stereocenters. The topological polar surface area (TPSA) is 101 Å². The number of benzene rings is 1. The van der Waals surface area contributed by atoms with Crippen molar-refractivity contribution < 1.29 is 8.42 Å². The number of hydrazine groups is 1. The highest BCUT2D eigenvalue weighted by molar-refractivity contribution is 7.89. The van der Waals surface area contributed by atoms with E-state index >= 15 is 0 Å². The summed E-state index contributed by atoms with van der Waals surface area (Å²) >= 11 is 0. The Morgan fingerprint density at radius 2 is 1.83 bits per heavy atom. The minimum absolute atomic E-state index is 0.0659. The van der Waals surface area contributed by atoms with E-state index < -0.39 is 10.0 Å². The second-order valence-electron chi connectivity index (χ2n) is 4.45. The predicted octanol–water partition coefficient (Wildman–Crippen LogP) is 0.729. The lowest BCUT2D eigenvalue weighted by molar-refractivity contribution is 0.273. The van der Waals surface area contributed by atoms with Gasteiger partial charge in [-0.05, 0) is 31.0 Å². The van der Waals surface area contributed by atoms with Crippen molar-refractivity contribution in [1.82, 2.24) is 5.01 Å². The maximum absolute atomic E-state index is 11.3. The number of rotatable bonds is 3. The molecule has 0 bridgehead atoms. The van der Waals surface area contributed by atoms with Crippen molar-refractivity contribution in [2.24, 2.45) is 5.14 Å². The fourth-order valence-electron chi connectivity index (χ4n) is 1.99. The molecule has 1 aromatic rings. The van der Waals surface area contributed by atoms with Crippen LogP contribution < -0.4 is 16.3 Å². The standard InChI is InChI=1S/C11H18N4O2S/c12-10-5-4-9(18(13,16)17)8-11(10)14-15-6-2-1-3-7-15/h4-5,8,14H,1-3,6-7,12H2,(H2,13,16,17). The molecule has 0 aromatic heterocycles. The molecule has 1 aromatic carbocycles. The van der Waals surface area contributed by atoms with Gasteiger partial charge in [0, 0.05) is 13.1 Å². The Hall–Kier alpha value is -1.31. The average Bonchev–Trinajstić information content (AvgIpc) is 2.32. The molecule has 100 valence electrons. The van der Waals surface area contributed by atoms with Gasteiger partial charge < -0.3 is 11.2 Å². The van der Waals surface area contributed by atoms with E-state index in [1.54, 1.807) is 6.07 Å². The van der Waals surface area contributed by atoms with Crippen LogP contribution in [0.15, 0.2) is 23.1 Å². The van der Waals surface area contributed by atoms with Crippen LogP contribution in [0, 0.1) is 0 Å². The number of nitrogens with two attached hydrogens (primary N) is 2. The third-order valence-electron chi connectivity index (χ3n) is 2.99. The zero-order valence-electron chi connectivity index (χ0n) is 10.1. The number of anilines is 2. The van der Waals surface area contributed by atoms with Crippen LogP contribution in [0.2, 0.25) is 0 Å². The lowest BCUT2D eigenvalue weighted by atomic mass is 10.2. The summed E-state index contributed by atoms with van der Waals surface area (Å²) in [6.07, 6.45) is 3.48. The van der Waals surface area contributed by atoms with Gasteiger partial charge in [-0.2, -0.15) is 0 Å². The highest BCUT2D eigenvalue weighted by Crippen LogP contribution is 2.23. The number of nitrogens with one attached hydrogen (secondary N) is 1. The number of sulfonamides is 1. The smallest absolute Gasteiger partial charge is 0.238 e. The van der Waals surface area contributed by atoms with E-state index in [1.165, 1.54) is 18.6 Å². The van der Waals surface area contributed by atoms with Gasteiger partial charge in [0.05, 0.1) is 16.3 Å². The van der Waals surface area contributed by atoms with E-state index in [-0.39, 0.29) is 4.90 Å². The van der Waals surface area contributed by atoms with Gasteiger partial charge in [-0.25, -0.2) is 18.6 Å². The molecule has 18 heavy (non-hydrogen) atoms. The molecule has 6 nitrogen and oxygen atoms in total. The normalized spacial score (nSPS) is 17.6. The number of nitrogen functional groups attached to an aromatic ring is 1. The van der Waals surface area contributed by atoms with Crippen molar-refractivity contribution in [2.45, 2.75) is 24.2 Å². The van der Waals surface area contributed by atoms with Gasteiger partial charge >= 0.3 is 0 Å². The van der Waals surface area contributed by atoms with Crippen LogP contribution in [0.3, 0.4) is 0 Å². The molecule has 1 aliphatic heterocycles. The van der Waals surface area contributed by atoms with Gasteiger partial charge in [0.2, 0.25) is 10.0 Å². The molecule has 1 saturated heterocycles. The first-order valence-electron chi connectivity index (χ1n) is 5.91. The van der Waals surface area contributed by atoms with Crippen LogP contribution in [-0.4, -0.2) is 26.5 Å². The summed E-state index contributed by atoms with van der Waals surface area (Å²) in [6, 6.07) is 4.43. The minimum atomic E-state index is -3.70. The maximum atomic E-state index is 11.3. The molecule has 0 radical (unpaired) electrons. The highest BCUT2D eigenvalue weighted by atomic mass is 32.2. The average molecular weight is 270 g/mol. The molecule has 7 heteroatoms. The molecule has 0 spiro atoms. The van der Waals surface area contributed by atoms with Crippen LogP contribution in [0.4, 0.5) is 11.4 Å². The van der Waals surface area contributed by atoms with Crippen LogP contribution >= 0.6 is 0 Å². The van der Waals surface area contributed by atoms with E-state index in [2.05, 4.69) is 5.43 Å². The summed E-state index contributed by atoms with van der Waals surface area (Å²) in [5.74, 6) is 0. The number of hydrogen-bond acceptors (Lipinski definition) is 5. The number of nitrogens with zero attached hydrogens (tertiary/aromatic N) is 1. The first-order chi connectivity index (χ1) is 8.47. The van der Waals surface area contributed by atoms with Crippen molar-refractivity contribution >= 4 is 21.4 Å². The molecule has 0 saturated carbocycles. The van der Waals surface area contributed by atoms with E-state index in [0.29, 0.717) is 11.4 Å². The van der Waals surface area contributed by atoms with Crippen LogP contribution in [0.5, 0.6) is 0 Å². The van der Waals surface area contributed by atoms with Gasteiger partial charge in [0.15, 0.2) is 0 Å². The van der Waals surface area contributed by atoms with Gasteiger partial charge in [-0.3, -0.25) is 0 Å². The zero-order valence-corrected chi connectivity index (χ0v) is 10.9. The predicted molar refractivity (Wildman–Crippen MR) is 71.3 cm³/mol. The maximum Gasteiger partial charge on any atom is 0.238 e. The lowest BCUT2D eigenvalue weighted by Gasteiger charge is -2.28. The summed E-state index contributed by atoms with van der Waals surface area (Å²) < 4.78 is 22.6. The molecular formula is C11H18N4O2S. The summed E-state index contributed by atoms with van der Waals surface area (Å²) in [5, 5.41) is 7.14. The monoisotopic (exact) mass is 270 g/mol. The Morgan fingerprint density at radius 3 is 2.44 bits per heavy atom. The van der Waals surface area contributed by atoms with Crippen LogP contribution in [0.1, 0.15) is 19.3 Å². The van der Waals surface area contributed by atoms with Crippen molar-refractivity contribution in [1.29, 1.82) is 0 Å². The molecule has 2 rings (SSSR count). The Labute approximate surface area is 107 Å². The zero-order chi connectivity index (χ0) is 13.2. The Kier molecular flexibility index (Phi) is 3.74. The SMILES string of the molecule is Nc1ccc(S(N)(=O)=O)cc1NN1CCCCC1. The molecule has 0 atom stereocenters. The summed E-state index contributed by atoms with van der Waals surface area (Å²) in [7, 11) is -3.70. The second kappa shape index (κ2) is 5.13. The first kappa shape index (κ1) is 13.1. The highest BCUT2D eigenvalue weighted by Gasteiger charge is 2.14. The molecule has 5 N–H and O–H groups in total. The third kappa shape index (κ3) is 3.12. The van der Waals surface area contributed by atoms with E-state index in [4.69, 9.17) is 10.9 Å². The van der Waals surface area contributed by atoms with Gasteiger partial charge in [0.1, 0.15) is 0 Å². The molecular weight excluding hydrogens is 252 g/mol. The Bertz CT molecular complexity index is 524. The van der Waals surface area contributed by atoms with E-state index in [9.17, 15) is 8.42 Å². The first-order valence-corrected chi connectivity index (χ1v) is 7.45. The van der Waals surface area contributed by atoms with Crippen LogP contribution in [0.25, 0.3) is 0 Å². The number of primary sulfonamides is 1. The molecule has 1 heterocycles. The van der Waals surface area contributed by atoms with Crippen molar-refractivity contribution in [3.05, 3.63) is 18.2 Å². The van der Waals surface area contributed by atoms with Gasteiger partial charge in [-0.15, -0.1) is 0 Å². The van der Waals surface area contributed by atoms with Crippen LogP contribution in [-0.2, 0) is 10.0 Å². The largest absolute Gasteiger partial charge is 0.397 e. The quantitative estimate of drug-likeness (QED) is 0.703. The minimum Gasteiger partial charge on any atom is -0.397 e. The third-order valence-corrected chi connectivity index (χ3v) is 3.90. The summed E-state index contributed by atoms with van der Waals surface area (Å²) in [5.41, 5.74) is 10.1. The molecule has 1 fully saturated rings. The van der Waals surface area contributed by atoms with E-state index in [1.807, 2.05) is 5.01 Å². The molecule has 1 aliphatic rings. The number of piperidine rings is 1. The fraction of sp³-hybridized carbons (Fsp3) is 0.455. The second-order valence-corrected chi connectivity index (χ2v) is 6.02.